The third kappa shape index (κ3) is 3.75. The summed E-state index contributed by atoms with van der Waals surface area (Å²) in [5.41, 5.74) is 0.921. The van der Waals surface area contributed by atoms with Crippen molar-refractivity contribution >= 4 is 11.7 Å². The number of ether oxygens (including phenoxy) is 1. The number of benzene rings is 1. The molecule has 0 radical (unpaired) electrons. The van der Waals surface area contributed by atoms with Crippen LogP contribution in [0.5, 0.6) is 5.75 Å². The van der Waals surface area contributed by atoms with Crippen LogP contribution in [0.25, 0.3) is 0 Å². The largest absolute Gasteiger partial charge is 0.491 e. The van der Waals surface area contributed by atoms with Crippen molar-refractivity contribution in [2.24, 2.45) is 0 Å². The lowest BCUT2D eigenvalue weighted by molar-refractivity contribution is 0.0513. The molecule has 0 N–H and O–H groups in total. The lowest BCUT2D eigenvalue weighted by atomic mass is 10.0. The van der Waals surface area contributed by atoms with Crippen molar-refractivity contribution < 1.29 is 14.3 Å². The van der Waals surface area contributed by atoms with Gasteiger partial charge in [0.05, 0.1) is 19.2 Å². The summed E-state index contributed by atoms with van der Waals surface area (Å²) in [5, 5.41) is 0. The van der Waals surface area contributed by atoms with E-state index in [2.05, 4.69) is 4.90 Å². The number of hydrogen-bond acceptors (Lipinski definition) is 5. The first kappa shape index (κ1) is 22.3. The number of ketones is 1. The van der Waals surface area contributed by atoms with E-state index in [0.29, 0.717) is 25.6 Å². The van der Waals surface area contributed by atoms with Gasteiger partial charge in [0, 0.05) is 31.7 Å². The fourth-order valence-electron chi connectivity index (χ4n) is 5.14. The van der Waals surface area contributed by atoms with E-state index in [1.54, 1.807) is 10.8 Å². The summed E-state index contributed by atoms with van der Waals surface area (Å²) < 4.78 is 7.13. The molecule has 170 valence electrons. The Bertz CT molecular complexity index is 1060. The maximum absolute atomic E-state index is 13.2. The summed E-state index contributed by atoms with van der Waals surface area (Å²) >= 11 is 0. The first-order valence-electron chi connectivity index (χ1n) is 11.5. The second kappa shape index (κ2) is 9.28. The van der Waals surface area contributed by atoms with Gasteiger partial charge in [0.1, 0.15) is 6.17 Å². The second-order valence-corrected chi connectivity index (χ2v) is 8.29. The Morgan fingerprint density at radius 1 is 1.12 bits per heavy atom. The molecule has 3 aliphatic heterocycles. The Hall–Kier alpha value is -2.93. The molecular formula is C25H31N3O4. The first-order chi connectivity index (χ1) is 15.6. The van der Waals surface area contributed by atoms with Crippen molar-refractivity contribution in [1.82, 2.24) is 14.4 Å². The van der Waals surface area contributed by atoms with Gasteiger partial charge in [-0.15, -0.1) is 0 Å². The molecule has 7 heteroatoms. The van der Waals surface area contributed by atoms with Gasteiger partial charge >= 0.3 is 0 Å². The fourth-order valence-corrected chi connectivity index (χ4v) is 5.14. The first-order valence-corrected chi connectivity index (χ1v) is 11.5. The Labute approximate surface area is 188 Å². The number of aromatic nitrogens is 1. The van der Waals surface area contributed by atoms with Crippen LogP contribution in [0, 0.1) is 0 Å². The monoisotopic (exact) mass is 437 g/mol. The molecule has 0 unspecified atom stereocenters. The number of nitrogens with zero attached hydrogens (tertiary/aromatic N) is 3. The van der Waals surface area contributed by atoms with Crippen LogP contribution in [-0.4, -0.2) is 58.5 Å². The zero-order valence-corrected chi connectivity index (χ0v) is 19.0. The second-order valence-electron chi connectivity index (χ2n) is 8.29. The van der Waals surface area contributed by atoms with Gasteiger partial charge in [-0.2, -0.15) is 0 Å². The standard InChI is InChI=1S/C23H25N3O4.C2H6/c1-30-22-20-23(29)26-12-16-8-5-11-25(16)19(26)14-24(20)13-17(21(22)28)18(27)10-9-15-6-3-2-4-7-15;1-2/h2-4,6-7,13,16,19H,5,8-12,14H2,1H3;1-2H3/t16-,19+;/m1./s1. The van der Waals surface area contributed by atoms with Gasteiger partial charge in [-0.1, -0.05) is 44.2 Å². The molecule has 2 atom stereocenters. The zero-order chi connectivity index (χ0) is 22.8. The van der Waals surface area contributed by atoms with Gasteiger partial charge in [0.2, 0.25) is 5.43 Å². The Morgan fingerprint density at radius 2 is 1.88 bits per heavy atom. The van der Waals surface area contributed by atoms with Crippen LogP contribution in [0.3, 0.4) is 0 Å². The molecule has 2 saturated heterocycles. The molecule has 1 aromatic heterocycles. The highest BCUT2D eigenvalue weighted by Crippen LogP contribution is 2.35. The van der Waals surface area contributed by atoms with Crippen LogP contribution in [0.1, 0.15) is 59.5 Å². The minimum atomic E-state index is -0.492. The molecule has 4 heterocycles. The Kier molecular flexibility index (Phi) is 6.46. The van der Waals surface area contributed by atoms with Crippen LogP contribution >= 0.6 is 0 Å². The fraction of sp³-hybridized carbons (Fsp3) is 0.480. The van der Waals surface area contributed by atoms with E-state index in [1.165, 1.54) is 7.11 Å². The number of fused-ring (bicyclic) bond motifs is 4. The van der Waals surface area contributed by atoms with Crippen molar-refractivity contribution in [3.8, 4) is 5.75 Å². The number of rotatable bonds is 5. The summed E-state index contributed by atoms with van der Waals surface area (Å²) in [6, 6.07) is 10.1. The molecule has 0 saturated carbocycles. The van der Waals surface area contributed by atoms with E-state index in [-0.39, 0.29) is 41.3 Å². The SMILES string of the molecule is CC.COc1c2n(cc(C(=O)CCc3ccccc3)c1=O)C[C@@H]1N(C[C@H]3CCCN31)C2=O. The van der Waals surface area contributed by atoms with Crippen molar-refractivity contribution in [3.63, 3.8) is 0 Å². The predicted molar refractivity (Wildman–Crippen MR) is 122 cm³/mol. The molecule has 7 nitrogen and oxygen atoms in total. The van der Waals surface area contributed by atoms with Crippen molar-refractivity contribution in [2.45, 2.75) is 58.3 Å². The van der Waals surface area contributed by atoms with Crippen LogP contribution in [0.15, 0.2) is 41.3 Å². The van der Waals surface area contributed by atoms with Gasteiger partial charge < -0.3 is 14.2 Å². The third-order valence-electron chi connectivity index (χ3n) is 6.62. The highest BCUT2D eigenvalue weighted by molar-refractivity contribution is 6.00. The number of aryl methyl sites for hydroxylation is 1. The zero-order valence-electron chi connectivity index (χ0n) is 19.0. The van der Waals surface area contributed by atoms with Gasteiger partial charge in [-0.3, -0.25) is 19.3 Å². The summed E-state index contributed by atoms with van der Waals surface area (Å²) in [7, 11) is 1.39. The van der Waals surface area contributed by atoms with Crippen LogP contribution < -0.4 is 10.2 Å². The smallest absolute Gasteiger partial charge is 0.275 e. The summed E-state index contributed by atoms with van der Waals surface area (Å²) in [5.74, 6) is -0.424. The highest BCUT2D eigenvalue weighted by Gasteiger charge is 2.48. The van der Waals surface area contributed by atoms with Crippen LogP contribution in [-0.2, 0) is 13.0 Å². The highest BCUT2D eigenvalue weighted by atomic mass is 16.5. The number of methoxy groups -OCH3 is 1. The molecule has 2 aromatic rings. The molecule has 5 rings (SSSR count). The van der Waals surface area contributed by atoms with E-state index >= 15 is 0 Å². The number of carbonyl (C=O) groups excluding carboxylic acids is 2. The van der Waals surface area contributed by atoms with Crippen LogP contribution in [0.4, 0.5) is 0 Å². The van der Waals surface area contributed by atoms with Gasteiger partial charge in [-0.25, -0.2) is 0 Å². The topological polar surface area (TPSA) is 71.8 Å². The molecule has 1 amide bonds. The van der Waals surface area contributed by atoms with E-state index in [0.717, 1.165) is 24.9 Å². The van der Waals surface area contributed by atoms with E-state index < -0.39 is 5.43 Å². The van der Waals surface area contributed by atoms with Crippen molar-refractivity contribution in [3.05, 3.63) is 63.6 Å². The number of pyridine rings is 1. The lowest BCUT2D eigenvalue weighted by Gasteiger charge is -2.36. The Balaban J connectivity index is 0.00000119. The predicted octanol–water partition coefficient (Wildman–Crippen LogP) is 2.96. The minimum absolute atomic E-state index is 0.0167. The molecule has 2 fully saturated rings. The normalized spacial score (nSPS) is 21.3. The van der Waals surface area contributed by atoms with E-state index in [9.17, 15) is 14.4 Å². The van der Waals surface area contributed by atoms with Crippen molar-refractivity contribution in [2.75, 3.05) is 20.2 Å². The molecular weight excluding hydrogens is 406 g/mol. The number of carbonyl (C=O) groups is 2. The average molecular weight is 438 g/mol. The van der Waals surface area contributed by atoms with Crippen molar-refractivity contribution in [1.29, 1.82) is 0 Å². The molecule has 0 spiro atoms. The van der Waals surface area contributed by atoms with E-state index in [4.69, 9.17) is 4.74 Å². The van der Waals surface area contributed by atoms with Gasteiger partial charge in [0.15, 0.2) is 17.2 Å². The minimum Gasteiger partial charge on any atom is -0.491 e. The maximum Gasteiger partial charge on any atom is 0.275 e. The number of hydrogen-bond donors (Lipinski definition) is 0. The van der Waals surface area contributed by atoms with Crippen LogP contribution in [0.2, 0.25) is 0 Å². The summed E-state index contributed by atoms with van der Waals surface area (Å²) in [4.78, 5) is 43.4. The Morgan fingerprint density at radius 3 is 2.59 bits per heavy atom. The molecule has 0 bridgehead atoms. The molecule has 32 heavy (non-hydrogen) atoms. The summed E-state index contributed by atoms with van der Waals surface area (Å²) in [6.45, 7) is 6.22. The average Bonchev–Trinajstić information content (AvgIpc) is 3.42. The summed E-state index contributed by atoms with van der Waals surface area (Å²) in [6.07, 6.45) is 4.60. The lowest BCUT2D eigenvalue weighted by Crippen LogP contribution is -2.50. The molecule has 3 aliphatic rings. The third-order valence-corrected chi connectivity index (χ3v) is 6.62. The van der Waals surface area contributed by atoms with E-state index in [1.807, 2.05) is 49.1 Å². The van der Waals surface area contributed by atoms with Gasteiger partial charge in [0.25, 0.3) is 5.91 Å². The molecule has 1 aromatic carbocycles. The maximum atomic E-state index is 13.2. The number of Topliss-reactive ketones (excluding diaryl/α,β-unsaturated/α-hetero) is 1. The number of amides is 1. The quantitative estimate of drug-likeness (QED) is 0.673. The van der Waals surface area contributed by atoms with Gasteiger partial charge in [-0.05, 0) is 24.8 Å². The molecule has 0 aliphatic carbocycles.